The van der Waals surface area contributed by atoms with Crippen LogP contribution in [0.25, 0.3) is 10.9 Å². The molecular weight excluding hydrogens is 334 g/mol. The van der Waals surface area contributed by atoms with Crippen molar-refractivity contribution in [1.82, 2.24) is 9.88 Å². The van der Waals surface area contributed by atoms with Crippen LogP contribution in [-0.4, -0.2) is 37.0 Å². The van der Waals surface area contributed by atoms with Crippen LogP contribution >= 0.6 is 0 Å². The molecule has 7 heteroatoms. The molecule has 0 bridgehead atoms. The molecule has 0 saturated carbocycles. The zero-order valence-corrected chi connectivity index (χ0v) is 14.6. The van der Waals surface area contributed by atoms with E-state index < -0.39 is 0 Å². The zero-order chi connectivity index (χ0) is 18.7. The summed E-state index contributed by atoms with van der Waals surface area (Å²) in [6, 6.07) is 11.6. The number of carbonyl (C=O) groups is 1. The normalized spacial score (nSPS) is 10.4. The number of nitroso groups, excluding NO2 is 1. The van der Waals surface area contributed by atoms with Gasteiger partial charge in [-0.2, -0.15) is 0 Å². The molecule has 0 saturated heterocycles. The third-order valence-corrected chi connectivity index (χ3v) is 3.83. The lowest BCUT2D eigenvalue weighted by atomic mass is 10.1. The second-order valence-electron chi connectivity index (χ2n) is 5.77. The molecule has 0 unspecified atom stereocenters. The van der Waals surface area contributed by atoms with Crippen LogP contribution in [0.4, 0.5) is 5.69 Å². The number of hydrogen-bond donors (Lipinski definition) is 0. The predicted octanol–water partition coefficient (Wildman–Crippen LogP) is 4.14. The SMILES string of the molecule is COc1cc2nccc(Oc3ccc(N=O)cc3)c2cc1C(=O)N(C)C. The first-order chi connectivity index (χ1) is 12.5. The van der Waals surface area contributed by atoms with Crippen molar-refractivity contribution in [3.63, 3.8) is 0 Å². The summed E-state index contributed by atoms with van der Waals surface area (Å²) in [5, 5.41) is 3.54. The number of aromatic nitrogens is 1. The third-order valence-electron chi connectivity index (χ3n) is 3.83. The van der Waals surface area contributed by atoms with Gasteiger partial charge in [-0.1, -0.05) is 0 Å². The van der Waals surface area contributed by atoms with E-state index in [-0.39, 0.29) is 5.91 Å². The van der Waals surface area contributed by atoms with E-state index in [1.807, 2.05) is 0 Å². The number of nitrogens with zero attached hydrogens (tertiary/aromatic N) is 3. The van der Waals surface area contributed by atoms with E-state index in [1.165, 1.54) is 12.0 Å². The molecule has 132 valence electrons. The van der Waals surface area contributed by atoms with Crippen LogP contribution in [-0.2, 0) is 0 Å². The lowest BCUT2D eigenvalue weighted by Crippen LogP contribution is -2.22. The molecule has 3 rings (SSSR count). The number of methoxy groups -OCH3 is 1. The van der Waals surface area contributed by atoms with Crippen molar-refractivity contribution in [2.24, 2.45) is 5.18 Å². The minimum absolute atomic E-state index is 0.181. The molecule has 26 heavy (non-hydrogen) atoms. The van der Waals surface area contributed by atoms with Gasteiger partial charge in [-0.25, -0.2) is 0 Å². The fourth-order valence-corrected chi connectivity index (χ4v) is 2.52. The number of ether oxygens (including phenoxy) is 2. The van der Waals surface area contributed by atoms with E-state index in [0.717, 1.165) is 0 Å². The number of fused-ring (bicyclic) bond motifs is 1. The van der Waals surface area contributed by atoms with Gasteiger partial charge in [0.2, 0.25) is 0 Å². The highest BCUT2D eigenvalue weighted by atomic mass is 16.5. The Balaban J connectivity index is 2.08. The standard InChI is InChI=1S/C19H17N3O4/c1-22(2)19(23)15-10-14-16(11-18(15)25-3)20-9-8-17(14)26-13-6-4-12(21-24)5-7-13/h4-11H,1-3H3. The summed E-state index contributed by atoms with van der Waals surface area (Å²) in [7, 11) is 4.86. The van der Waals surface area contributed by atoms with E-state index in [0.29, 0.717) is 39.4 Å². The molecule has 0 spiro atoms. The Morgan fingerprint density at radius 2 is 1.81 bits per heavy atom. The average molecular weight is 351 g/mol. The molecule has 0 radical (unpaired) electrons. The quantitative estimate of drug-likeness (QED) is 0.646. The van der Waals surface area contributed by atoms with Gasteiger partial charge >= 0.3 is 0 Å². The Morgan fingerprint density at radius 3 is 2.42 bits per heavy atom. The number of amides is 1. The molecular formula is C19H17N3O4. The summed E-state index contributed by atoms with van der Waals surface area (Å²) >= 11 is 0. The van der Waals surface area contributed by atoms with Crippen LogP contribution in [0, 0.1) is 4.91 Å². The van der Waals surface area contributed by atoms with Gasteiger partial charge in [0, 0.05) is 31.7 Å². The van der Waals surface area contributed by atoms with Gasteiger partial charge in [-0.05, 0) is 41.6 Å². The highest BCUT2D eigenvalue weighted by Gasteiger charge is 2.17. The molecule has 0 fully saturated rings. The highest BCUT2D eigenvalue weighted by molar-refractivity contribution is 6.02. The van der Waals surface area contributed by atoms with Gasteiger partial charge < -0.3 is 14.4 Å². The first kappa shape index (κ1) is 17.3. The van der Waals surface area contributed by atoms with Crippen molar-refractivity contribution < 1.29 is 14.3 Å². The van der Waals surface area contributed by atoms with Gasteiger partial charge in [0.1, 0.15) is 22.9 Å². The van der Waals surface area contributed by atoms with Crippen molar-refractivity contribution in [3.8, 4) is 17.2 Å². The molecule has 7 nitrogen and oxygen atoms in total. The molecule has 1 amide bonds. The maximum atomic E-state index is 12.5. The lowest BCUT2D eigenvalue weighted by molar-refractivity contribution is 0.0824. The predicted molar refractivity (Wildman–Crippen MR) is 98.3 cm³/mol. The van der Waals surface area contributed by atoms with Crippen LogP contribution in [0.5, 0.6) is 17.2 Å². The fraction of sp³-hybridized carbons (Fsp3) is 0.158. The van der Waals surface area contributed by atoms with Crippen LogP contribution in [0.3, 0.4) is 0 Å². The van der Waals surface area contributed by atoms with Gasteiger partial charge in [0.15, 0.2) is 0 Å². The smallest absolute Gasteiger partial charge is 0.257 e. The van der Waals surface area contributed by atoms with E-state index in [1.54, 1.807) is 62.8 Å². The Bertz CT molecular complexity index is 968. The maximum absolute atomic E-state index is 12.5. The molecule has 0 aliphatic carbocycles. The number of benzene rings is 2. The van der Waals surface area contributed by atoms with Crippen LogP contribution in [0.2, 0.25) is 0 Å². The summed E-state index contributed by atoms with van der Waals surface area (Å²) in [6.07, 6.45) is 1.62. The molecule has 0 N–H and O–H groups in total. The number of pyridine rings is 1. The first-order valence-corrected chi connectivity index (χ1v) is 7.83. The van der Waals surface area contributed by atoms with Gasteiger partial charge in [0.05, 0.1) is 18.2 Å². The van der Waals surface area contributed by atoms with E-state index in [4.69, 9.17) is 9.47 Å². The minimum atomic E-state index is -0.181. The van der Waals surface area contributed by atoms with Crippen molar-refractivity contribution in [2.45, 2.75) is 0 Å². The Morgan fingerprint density at radius 1 is 1.08 bits per heavy atom. The van der Waals surface area contributed by atoms with Crippen LogP contribution < -0.4 is 9.47 Å². The maximum Gasteiger partial charge on any atom is 0.257 e. The lowest BCUT2D eigenvalue weighted by Gasteiger charge is -2.15. The summed E-state index contributed by atoms with van der Waals surface area (Å²) in [4.78, 5) is 28.8. The molecule has 1 aromatic heterocycles. The number of hydrogen-bond acceptors (Lipinski definition) is 6. The number of carbonyl (C=O) groups excluding carboxylic acids is 1. The molecule has 0 atom stereocenters. The average Bonchev–Trinajstić information content (AvgIpc) is 2.67. The molecule has 1 heterocycles. The van der Waals surface area contributed by atoms with Gasteiger partial charge in [-0.15, -0.1) is 4.91 Å². The summed E-state index contributed by atoms with van der Waals surface area (Å²) in [5.41, 5.74) is 1.38. The Hall–Kier alpha value is -3.48. The van der Waals surface area contributed by atoms with E-state index in [2.05, 4.69) is 10.2 Å². The second-order valence-corrected chi connectivity index (χ2v) is 5.77. The molecule has 2 aromatic carbocycles. The summed E-state index contributed by atoms with van der Waals surface area (Å²) < 4.78 is 11.3. The monoisotopic (exact) mass is 351 g/mol. The van der Waals surface area contributed by atoms with E-state index >= 15 is 0 Å². The Labute approximate surface area is 150 Å². The van der Waals surface area contributed by atoms with Crippen LogP contribution in [0.15, 0.2) is 53.8 Å². The van der Waals surface area contributed by atoms with Crippen molar-refractivity contribution in [3.05, 3.63) is 59.1 Å². The van der Waals surface area contributed by atoms with Crippen LogP contribution in [0.1, 0.15) is 10.4 Å². The van der Waals surface area contributed by atoms with Gasteiger partial charge in [0.25, 0.3) is 5.91 Å². The molecule has 0 aliphatic rings. The number of rotatable bonds is 5. The highest BCUT2D eigenvalue weighted by Crippen LogP contribution is 2.34. The van der Waals surface area contributed by atoms with Gasteiger partial charge in [-0.3, -0.25) is 9.78 Å². The first-order valence-electron chi connectivity index (χ1n) is 7.83. The van der Waals surface area contributed by atoms with Crippen molar-refractivity contribution >= 4 is 22.5 Å². The third kappa shape index (κ3) is 3.32. The minimum Gasteiger partial charge on any atom is -0.496 e. The second kappa shape index (κ2) is 7.18. The fourth-order valence-electron chi connectivity index (χ4n) is 2.52. The zero-order valence-electron chi connectivity index (χ0n) is 14.6. The topological polar surface area (TPSA) is 81.1 Å². The molecule has 3 aromatic rings. The van der Waals surface area contributed by atoms with Crippen molar-refractivity contribution in [2.75, 3.05) is 21.2 Å². The summed E-state index contributed by atoms with van der Waals surface area (Å²) in [6.45, 7) is 0. The van der Waals surface area contributed by atoms with E-state index in [9.17, 15) is 9.70 Å². The summed E-state index contributed by atoms with van der Waals surface area (Å²) in [5.74, 6) is 1.35. The largest absolute Gasteiger partial charge is 0.496 e. The molecule has 0 aliphatic heterocycles. The Kier molecular flexibility index (Phi) is 4.79. The van der Waals surface area contributed by atoms with Crippen molar-refractivity contribution in [1.29, 1.82) is 0 Å².